The molecule has 0 atom stereocenters. The summed E-state index contributed by atoms with van der Waals surface area (Å²) in [6.45, 7) is 3.48. The van der Waals surface area contributed by atoms with Gasteiger partial charge in [0.2, 0.25) is 0 Å². The highest BCUT2D eigenvalue weighted by Gasteiger charge is 1.95. The van der Waals surface area contributed by atoms with Gasteiger partial charge in [-0.25, -0.2) is 0 Å². The summed E-state index contributed by atoms with van der Waals surface area (Å²) in [5, 5.41) is 0.127. The highest BCUT2D eigenvalue weighted by Crippen LogP contribution is 2.05. The number of carbonyl (C=O) groups excluding carboxylic acids is 1. The molecule has 0 amide bonds. The predicted octanol–water partition coefficient (Wildman–Crippen LogP) is 2.37. The summed E-state index contributed by atoms with van der Waals surface area (Å²) >= 11 is 1.30. The molecular weight excluding hydrogens is 222 g/mol. The summed E-state index contributed by atoms with van der Waals surface area (Å²) in [4.78, 5) is 24.7. The van der Waals surface area contributed by atoms with Crippen LogP contribution >= 0.6 is 11.8 Å². The van der Waals surface area contributed by atoms with E-state index in [0.717, 1.165) is 17.7 Å². The van der Waals surface area contributed by atoms with Gasteiger partial charge in [0, 0.05) is 24.4 Å². The second kappa shape index (κ2) is 6.33. The van der Waals surface area contributed by atoms with Gasteiger partial charge in [0.15, 0.2) is 5.12 Å². The summed E-state index contributed by atoms with van der Waals surface area (Å²) in [6.07, 6.45) is 6.19. The first-order valence-electron chi connectivity index (χ1n) is 5.09. The molecule has 0 unspecified atom stereocenters. The number of rotatable bonds is 4. The van der Waals surface area contributed by atoms with E-state index in [2.05, 4.69) is 4.98 Å². The number of hydrogen-bond donors (Lipinski definition) is 1. The Morgan fingerprint density at radius 1 is 1.56 bits per heavy atom. The molecule has 0 spiro atoms. The fraction of sp³-hybridized carbons (Fsp3) is 0.333. The molecule has 1 heterocycles. The number of H-pyrrole nitrogens is 1. The minimum Gasteiger partial charge on any atom is -0.328 e. The lowest BCUT2D eigenvalue weighted by Crippen LogP contribution is -2.08. The lowest BCUT2D eigenvalue weighted by Gasteiger charge is -1.95. The van der Waals surface area contributed by atoms with Crippen LogP contribution in [-0.4, -0.2) is 15.9 Å². The molecule has 0 aliphatic heterocycles. The first kappa shape index (κ1) is 12.8. The zero-order chi connectivity index (χ0) is 12.0. The van der Waals surface area contributed by atoms with Crippen molar-refractivity contribution < 1.29 is 4.79 Å². The maximum absolute atomic E-state index is 11.4. The molecule has 1 aromatic rings. The zero-order valence-electron chi connectivity index (χ0n) is 9.45. The molecular formula is C12H15NO2S. The number of carbonyl (C=O) groups is 1. The predicted molar refractivity (Wildman–Crippen MR) is 68.6 cm³/mol. The number of aromatic amines is 1. The average molecular weight is 237 g/mol. The second-order valence-corrected chi connectivity index (χ2v) is 4.76. The molecule has 3 nitrogen and oxygen atoms in total. The monoisotopic (exact) mass is 237 g/mol. The van der Waals surface area contributed by atoms with E-state index in [1.807, 2.05) is 19.1 Å². The highest BCUT2D eigenvalue weighted by atomic mass is 32.2. The van der Waals surface area contributed by atoms with E-state index < -0.39 is 0 Å². The van der Waals surface area contributed by atoms with Crippen LogP contribution in [0.4, 0.5) is 0 Å². The van der Waals surface area contributed by atoms with Gasteiger partial charge in [-0.05, 0) is 25.0 Å². The maximum atomic E-state index is 11.4. The van der Waals surface area contributed by atoms with Crippen molar-refractivity contribution >= 4 is 23.0 Å². The second-order valence-electron chi connectivity index (χ2n) is 3.49. The van der Waals surface area contributed by atoms with Gasteiger partial charge < -0.3 is 4.98 Å². The van der Waals surface area contributed by atoms with Gasteiger partial charge in [-0.1, -0.05) is 23.9 Å². The fourth-order valence-corrected chi connectivity index (χ4v) is 1.76. The van der Waals surface area contributed by atoms with Crippen LogP contribution in [0.3, 0.4) is 0 Å². The standard InChI is InChI=1S/C12H15NO2S/c1-9-7-11(12(15)13-8-9)5-3-4-6-16-10(2)14/h3,5,7-8H,4,6H2,1-2H3,(H,13,15). The lowest BCUT2D eigenvalue weighted by atomic mass is 10.2. The third-order valence-electron chi connectivity index (χ3n) is 1.96. The van der Waals surface area contributed by atoms with E-state index in [0.29, 0.717) is 5.56 Å². The fourth-order valence-electron chi connectivity index (χ4n) is 1.22. The Labute approximate surface area is 99.0 Å². The van der Waals surface area contributed by atoms with Crippen molar-refractivity contribution in [2.24, 2.45) is 0 Å². The Balaban J connectivity index is 2.53. The molecule has 0 radical (unpaired) electrons. The Kier molecular flexibility index (Phi) is 5.05. The summed E-state index contributed by atoms with van der Waals surface area (Å²) in [6, 6.07) is 1.84. The van der Waals surface area contributed by atoms with Gasteiger partial charge >= 0.3 is 0 Å². The molecule has 86 valence electrons. The van der Waals surface area contributed by atoms with Crippen molar-refractivity contribution in [3.63, 3.8) is 0 Å². The van der Waals surface area contributed by atoms with Crippen LogP contribution in [-0.2, 0) is 4.79 Å². The van der Waals surface area contributed by atoms with Gasteiger partial charge in [0.05, 0.1) is 0 Å². The van der Waals surface area contributed by atoms with E-state index in [-0.39, 0.29) is 10.7 Å². The van der Waals surface area contributed by atoms with E-state index in [1.165, 1.54) is 11.8 Å². The Morgan fingerprint density at radius 2 is 2.31 bits per heavy atom. The number of nitrogens with one attached hydrogen (secondary N) is 1. The van der Waals surface area contributed by atoms with Crippen LogP contribution < -0.4 is 5.56 Å². The minimum atomic E-state index is -0.0823. The zero-order valence-corrected chi connectivity index (χ0v) is 10.3. The van der Waals surface area contributed by atoms with Gasteiger partial charge in [0.1, 0.15) is 0 Å². The number of pyridine rings is 1. The largest absolute Gasteiger partial charge is 0.328 e. The Morgan fingerprint density at radius 3 is 3.00 bits per heavy atom. The Bertz CT molecular complexity index is 449. The number of aryl methyl sites for hydroxylation is 1. The van der Waals surface area contributed by atoms with E-state index in [1.54, 1.807) is 19.2 Å². The quantitative estimate of drug-likeness (QED) is 0.818. The first-order chi connectivity index (χ1) is 7.59. The summed E-state index contributed by atoms with van der Waals surface area (Å²) in [7, 11) is 0. The molecule has 0 saturated carbocycles. The average Bonchev–Trinajstić information content (AvgIpc) is 2.22. The van der Waals surface area contributed by atoms with Crippen LogP contribution in [0.1, 0.15) is 24.5 Å². The third-order valence-corrected chi connectivity index (χ3v) is 2.81. The summed E-state index contributed by atoms with van der Waals surface area (Å²) < 4.78 is 0. The number of aromatic nitrogens is 1. The lowest BCUT2D eigenvalue weighted by molar-refractivity contribution is -0.109. The Hall–Kier alpha value is -1.29. The molecule has 0 aliphatic carbocycles. The summed E-state index contributed by atoms with van der Waals surface area (Å²) in [5.41, 5.74) is 1.60. The molecule has 4 heteroatoms. The third kappa shape index (κ3) is 4.49. The van der Waals surface area contributed by atoms with Gasteiger partial charge in [-0.3, -0.25) is 9.59 Å². The molecule has 0 aromatic carbocycles. The minimum absolute atomic E-state index is 0.0823. The van der Waals surface area contributed by atoms with Crippen molar-refractivity contribution in [3.05, 3.63) is 39.8 Å². The molecule has 1 N–H and O–H groups in total. The molecule has 0 aliphatic rings. The van der Waals surface area contributed by atoms with Gasteiger partial charge in [-0.2, -0.15) is 0 Å². The topological polar surface area (TPSA) is 49.9 Å². The molecule has 0 saturated heterocycles. The molecule has 0 bridgehead atoms. The molecule has 1 aromatic heterocycles. The van der Waals surface area contributed by atoms with Crippen LogP contribution in [0.25, 0.3) is 6.08 Å². The highest BCUT2D eigenvalue weighted by molar-refractivity contribution is 8.13. The van der Waals surface area contributed by atoms with Crippen LogP contribution in [0.15, 0.2) is 23.1 Å². The molecule has 1 rings (SSSR count). The van der Waals surface area contributed by atoms with Gasteiger partial charge in [0.25, 0.3) is 5.56 Å². The van der Waals surface area contributed by atoms with Crippen LogP contribution in [0.2, 0.25) is 0 Å². The maximum Gasteiger partial charge on any atom is 0.255 e. The van der Waals surface area contributed by atoms with Crippen molar-refractivity contribution in [3.8, 4) is 0 Å². The van der Waals surface area contributed by atoms with Crippen molar-refractivity contribution in [2.75, 3.05) is 5.75 Å². The van der Waals surface area contributed by atoms with Crippen LogP contribution in [0.5, 0.6) is 0 Å². The van der Waals surface area contributed by atoms with Crippen molar-refractivity contribution in [2.45, 2.75) is 20.3 Å². The van der Waals surface area contributed by atoms with E-state index in [9.17, 15) is 9.59 Å². The van der Waals surface area contributed by atoms with Crippen LogP contribution in [0, 0.1) is 6.92 Å². The normalized spacial score (nSPS) is 10.9. The SMILES string of the molecule is CC(=O)SCCC=Cc1cc(C)c[nH]c1=O. The summed E-state index contributed by atoms with van der Waals surface area (Å²) in [5.74, 6) is 0.759. The van der Waals surface area contributed by atoms with Crippen molar-refractivity contribution in [1.82, 2.24) is 4.98 Å². The first-order valence-corrected chi connectivity index (χ1v) is 6.07. The number of thioether (sulfide) groups is 1. The van der Waals surface area contributed by atoms with Gasteiger partial charge in [-0.15, -0.1) is 0 Å². The van der Waals surface area contributed by atoms with Crippen molar-refractivity contribution in [1.29, 1.82) is 0 Å². The molecule has 16 heavy (non-hydrogen) atoms. The number of hydrogen-bond acceptors (Lipinski definition) is 3. The van der Waals surface area contributed by atoms with E-state index in [4.69, 9.17) is 0 Å². The smallest absolute Gasteiger partial charge is 0.255 e. The number of allylic oxidation sites excluding steroid dienone is 1. The van der Waals surface area contributed by atoms with E-state index >= 15 is 0 Å². The molecule has 0 fully saturated rings.